The normalized spacial score (nSPS) is 21.2. The number of rotatable bonds is 1. The molecule has 0 aliphatic carbocycles. The molecule has 2 unspecified atom stereocenters. The number of pyridine rings is 1. The van der Waals surface area contributed by atoms with Crippen LogP contribution in [0.15, 0.2) is 12.1 Å². The average molecular weight is 388 g/mol. The first-order chi connectivity index (χ1) is 11.5. The standard InChI is InChI=1S/C17H23Cl2N3O3/c1-10-8-21(16(24)25-17(3,4)5)9-11(2)22(10)15(23)12-6-13(18)20-14(19)7-12/h6-7,10-11H,8-9H2,1-5H3. The highest BCUT2D eigenvalue weighted by Gasteiger charge is 2.36. The van der Waals surface area contributed by atoms with Crippen molar-refractivity contribution in [2.24, 2.45) is 0 Å². The van der Waals surface area contributed by atoms with Crippen molar-refractivity contribution in [1.29, 1.82) is 0 Å². The van der Waals surface area contributed by atoms with E-state index in [4.69, 9.17) is 27.9 Å². The Hall–Kier alpha value is -1.53. The molecule has 0 bridgehead atoms. The minimum absolute atomic E-state index is 0.170. The summed E-state index contributed by atoms with van der Waals surface area (Å²) in [4.78, 5) is 32.4. The first-order valence-corrected chi connectivity index (χ1v) is 8.87. The van der Waals surface area contributed by atoms with Crippen LogP contribution in [0.3, 0.4) is 0 Å². The fourth-order valence-electron chi connectivity index (χ4n) is 2.94. The predicted molar refractivity (Wildman–Crippen MR) is 97.2 cm³/mol. The minimum Gasteiger partial charge on any atom is -0.444 e. The maximum Gasteiger partial charge on any atom is 0.410 e. The number of ether oxygens (including phenoxy) is 1. The van der Waals surface area contributed by atoms with Gasteiger partial charge in [0, 0.05) is 30.7 Å². The van der Waals surface area contributed by atoms with Gasteiger partial charge in [0.1, 0.15) is 15.9 Å². The summed E-state index contributed by atoms with van der Waals surface area (Å²) in [5.74, 6) is -0.185. The molecule has 0 radical (unpaired) electrons. The first-order valence-electron chi connectivity index (χ1n) is 8.11. The second-order valence-electron chi connectivity index (χ2n) is 7.30. The molecular formula is C17H23Cl2N3O3. The third kappa shape index (κ3) is 4.98. The molecule has 6 nitrogen and oxygen atoms in total. The molecule has 2 atom stereocenters. The van der Waals surface area contributed by atoms with Gasteiger partial charge in [-0.1, -0.05) is 23.2 Å². The van der Waals surface area contributed by atoms with E-state index < -0.39 is 5.60 Å². The highest BCUT2D eigenvalue weighted by atomic mass is 35.5. The number of carbonyl (C=O) groups is 2. The third-order valence-corrected chi connectivity index (χ3v) is 4.20. The lowest BCUT2D eigenvalue weighted by atomic mass is 10.1. The zero-order chi connectivity index (χ0) is 18.9. The Balaban J connectivity index is 2.14. The summed E-state index contributed by atoms with van der Waals surface area (Å²) in [5, 5.41) is 0.340. The fourth-order valence-corrected chi connectivity index (χ4v) is 3.40. The van der Waals surface area contributed by atoms with Gasteiger partial charge in [-0.2, -0.15) is 0 Å². The number of halogens is 2. The molecule has 0 N–H and O–H groups in total. The number of piperazine rings is 1. The Morgan fingerprint density at radius 2 is 1.60 bits per heavy atom. The van der Waals surface area contributed by atoms with E-state index in [0.717, 1.165) is 0 Å². The molecule has 1 aliphatic heterocycles. The molecule has 138 valence electrons. The van der Waals surface area contributed by atoms with Gasteiger partial charge < -0.3 is 14.5 Å². The summed E-state index contributed by atoms with van der Waals surface area (Å²) >= 11 is 11.8. The van der Waals surface area contributed by atoms with Crippen molar-refractivity contribution in [3.8, 4) is 0 Å². The Bertz CT molecular complexity index is 643. The molecule has 0 aromatic carbocycles. The molecule has 8 heteroatoms. The maximum atomic E-state index is 12.9. The van der Waals surface area contributed by atoms with Gasteiger partial charge in [-0.25, -0.2) is 9.78 Å². The molecule has 0 spiro atoms. The molecule has 25 heavy (non-hydrogen) atoms. The Kier molecular flexibility index (Phi) is 5.84. The van der Waals surface area contributed by atoms with Gasteiger partial charge in [-0.15, -0.1) is 0 Å². The SMILES string of the molecule is CC1CN(C(=O)OC(C)(C)C)CC(C)N1C(=O)c1cc(Cl)nc(Cl)c1. The second kappa shape index (κ2) is 7.38. The van der Waals surface area contributed by atoms with E-state index in [1.165, 1.54) is 12.1 Å². The van der Waals surface area contributed by atoms with E-state index in [2.05, 4.69) is 4.98 Å². The van der Waals surface area contributed by atoms with Crippen molar-refractivity contribution in [1.82, 2.24) is 14.8 Å². The van der Waals surface area contributed by atoms with Gasteiger partial charge in [-0.05, 0) is 46.8 Å². The van der Waals surface area contributed by atoms with E-state index in [-0.39, 0.29) is 34.4 Å². The van der Waals surface area contributed by atoms with Crippen LogP contribution in [-0.2, 0) is 4.74 Å². The molecule has 1 saturated heterocycles. The van der Waals surface area contributed by atoms with Gasteiger partial charge >= 0.3 is 6.09 Å². The van der Waals surface area contributed by atoms with Crippen LogP contribution >= 0.6 is 23.2 Å². The fraction of sp³-hybridized carbons (Fsp3) is 0.588. The quantitative estimate of drug-likeness (QED) is 0.686. The topological polar surface area (TPSA) is 62.7 Å². The average Bonchev–Trinajstić information content (AvgIpc) is 2.43. The van der Waals surface area contributed by atoms with Crippen LogP contribution in [0.25, 0.3) is 0 Å². The number of aromatic nitrogens is 1. The molecule has 1 fully saturated rings. The maximum absolute atomic E-state index is 12.9. The number of hydrogen-bond acceptors (Lipinski definition) is 4. The van der Waals surface area contributed by atoms with Crippen LogP contribution in [0.5, 0.6) is 0 Å². The Morgan fingerprint density at radius 1 is 1.12 bits per heavy atom. The number of nitrogens with zero attached hydrogens (tertiary/aromatic N) is 3. The zero-order valence-corrected chi connectivity index (χ0v) is 16.6. The van der Waals surface area contributed by atoms with Crippen molar-refractivity contribution in [2.75, 3.05) is 13.1 Å². The van der Waals surface area contributed by atoms with Crippen LogP contribution in [0, 0.1) is 0 Å². The highest BCUT2D eigenvalue weighted by Crippen LogP contribution is 2.23. The van der Waals surface area contributed by atoms with Crippen molar-refractivity contribution in [2.45, 2.75) is 52.3 Å². The van der Waals surface area contributed by atoms with E-state index in [9.17, 15) is 9.59 Å². The summed E-state index contributed by atoms with van der Waals surface area (Å²) in [6.45, 7) is 10.1. The van der Waals surface area contributed by atoms with Crippen LogP contribution in [0.4, 0.5) is 4.79 Å². The largest absolute Gasteiger partial charge is 0.444 e. The van der Waals surface area contributed by atoms with E-state index in [1.54, 1.807) is 9.80 Å². The summed E-state index contributed by atoms with van der Waals surface area (Å²) in [5.41, 5.74) is -0.171. The number of amides is 2. The minimum atomic E-state index is -0.555. The van der Waals surface area contributed by atoms with E-state index >= 15 is 0 Å². The van der Waals surface area contributed by atoms with Crippen molar-refractivity contribution >= 4 is 35.2 Å². The number of carbonyl (C=O) groups excluding carboxylic acids is 2. The number of hydrogen-bond donors (Lipinski definition) is 0. The molecule has 1 aromatic rings. The second-order valence-corrected chi connectivity index (χ2v) is 8.07. The van der Waals surface area contributed by atoms with Crippen molar-refractivity contribution in [3.05, 3.63) is 28.0 Å². The summed E-state index contributed by atoms with van der Waals surface area (Å²) in [7, 11) is 0. The third-order valence-electron chi connectivity index (χ3n) is 3.81. The first kappa shape index (κ1) is 19.8. The zero-order valence-electron chi connectivity index (χ0n) is 15.0. The Morgan fingerprint density at radius 3 is 2.04 bits per heavy atom. The molecule has 1 aromatic heterocycles. The van der Waals surface area contributed by atoms with E-state index in [0.29, 0.717) is 18.7 Å². The van der Waals surface area contributed by atoms with Crippen LogP contribution in [0.2, 0.25) is 10.3 Å². The lowest BCUT2D eigenvalue weighted by molar-refractivity contribution is -0.00488. The van der Waals surface area contributed by atoms with Crippen LogP contribution in [-0.4, -0.2) is 57.6 Å². The van der Waals surface area contributed by atoms with Crippen LogP contribution in [0.1, 0.15) is 45.0 Å². The smallest absolute Gasteiger partial charge is 0.410 e. The van der Waals surface area contributed by atoms with E-state index in [1.807, 2.05) is 34.6 Å². The monoisotopic (exact) mass is 387 g/mol. The highest BCUT2D eigenvalue weighted by molar-refractivity contribution is 6.33. The molecule has 2 rings (SSSR count). The van der Waals surface area contributed by atoms with Crippen LogP contribution < -0.4 is 0 Å². The lowest BCUT2D eigenvalue weighted by Gasteiger charge is -2.44. The predicted octanol–water partition coefficient (Wildman–Crippen LogP) is 3.86. The van der Waals surface area contributed by atoms with Gasteiger partial charge in [0.2, 0.25) is 0 Å². The molecule has 2 amide bonds. The van der Waals surface area contributed by atoms with Gasteiger partial charge in [0.05, 0.1) is 0 Å². The molecular weight excluding hydrogens is 365 g/mol. The summed E-state index contributed by atoms with van der Waals surface area (Å²) in [6.07, 6.45) is -0.367. The molecule has 1 aliphatic rings. The molecule has 2 heterocycles. The lowest BCUT2D eigenvalue weighted by Crippen LogP contribution is -2.60. The van der Waals surface area contributed by atoms with Crippen molar-refractivity contribution < 1.29 is 14.3 Å². The van der Waals surface area contributed by atoms with Gasteiger partial charge in [-0.3, -0.25) is 4.79 Å². The van der Waals surface area contributed by atoms with Crippen molar-refractivity contribution in [3.63, 3.8) is 0 Å². The van der Waals surface area contributed by atoms with Gasteiger partial charge in [0.15, 0.2) is 0 Å². The molecule has 0 saturated carbocycles. The summed E-state index contributed by atoms with van der Waals surface area (Å²) < 4.78 is 5.43. The Labute approximate surface area is 158 Å². The summed E-state index contributed by atoms with van der Waals surface area (Å²) in [6, 6.07) is 2.65. The van der Waals surface area contributed by atoms with Gasteiger partial charge in [0.25, 0.3) is 5.91 Å².